The van der Waals surface area contributed by atoms with Gasteiger partial charge < -0.3 is 5.32 Å². The van der Waals surface area contributed by atoms with Gasteiger partial charge in [0, 0.05) is 0 Å². The molecule has 0 unspecified atom stereocenters. The van der Waals surface area contributed by atoms with Crippen molar-refractivity contribution >= 4 is 0 Å². The maximum Gasteiger partial charge on any atom is -0.000794 e. The van der Waals surface area contributed by atoms with Gasteiger partial charge in [-0.05, 0) is 36.4 Å². The zero-order valence-corrected chi connectivity index (χ0v) is 9.09. The van der Waals surface area contributed by atoms with Crippen molar-refractivity contribution in [1.82, 2.24) is 5.32 Å². The highest BCUT2D eigenvalue weighted by Crippen LogP contribution is 2.31. The minimum Gasteiger partial charge on any atom is -0.316 e. The molecule has 1 heterocycles. The highest BCUT2D eigenvalue weighted by atomic mass is 14.9. The lowest BCUT2D eigenvalue weighted by atomic mass is 9.75. The normalized spacial score (nSPS) is 17.9. The van der Waals surface area contributed by atoms with Crippen LogP contribution >= 0.6 is 0 Å². The van der Waals surface area contributed by atoms with Gasteiger partial charge in [-0.1, -0.05) is 44.2 Å². The number of nitrogens with one attached hydrogen (secondary N) is 1. The molecule has 0 radical (unpaired) electrons. The Bertz CT molecular complexity index is 285. The van der Waals surface area contributed by atoms with E-state index in [2.05, 4.69) is 49.5 Å². The minimum absolute atomic E-state index is 0.327. The summed E-state index contributed by atoms with van der Waals surface area (Å²) in [5.41, 5.74) is 1.79. The Morgan fingerprint density at radius 1 is 1.21 bits per heavy atom. The van der Waals surface area contributed by atoms with Crippen molar-refractivity contribution < 1.29 is 0 Å². The first-order valence-electron chi connectivity index (χ1n) is 5.45. The van der Waals surface area contributed by atoms with Crippen molar-refractivity contribution in [3.63, 3.8) is 0 Å². The summed E-state index contributed by atoms with van der Waals surface area (Å²) in [4.78, 5) is 0. The third-order valence-corrected chi connectivity index (χ3v) is 3.22. The first-order chi connectivity index (χ1) is 6.68. The van der Waals surface area contributed by atoms with Crippen molar-refractivity contribution in [1.29, 1.82) is 0 Å². The van der Waals surface area contributed by atoms with Crippen LogP contribution in [0.3, 0.4) is 0 Å². The molecule has 1 N–H and O–H groups in total. The lowest BCUT2D eigenvalue weighted by molar-refractivity contribution is 0.268. The molecule has 14 heavy (non-hydrogen) atoms. The highest BCUT2D eigenvalue weighted by molar-refractivity contribution is 5.23. The summed E-state index contributed by atoms with van der Waals surface area (Å²) in [7, 11) is 0. The second kappa shape index (κ2) is 3.74. The third-order valence-electron chi connectivity index (χ3n) is 3.22. The number of rotatable bonds is 3. The number of hydrogen-bond donors (Lipinski definition) is 1. The van der Waals surface area contributed by atoms with Gasteiger partial charge >= 0.3 is 0 Å². The molecular weight excluding hydrogens is 170 g/mol. The van der Waals surface area contributed by atoms with Gasteiger partial charge in [0.15, 0.2) is 0 Å². The predicted molar refractivity (Wildman–Crippen MR) is 60.4 cm³/mol. The molecule has 0 aliphatic carbocycles. The van der Waals surface area contributed by atoms with Crippen molar-refractivity contribution in [3.05, 3.63) is 35.9 Å². The maximum atomic E-state index is 3.34. The second-order valence-electron chi connectivity index (χ2n) is 4.98. The van der Waals surface area contributed by atoms with Crippen LogP contribution in [0.4, 0.5) is 0 Å². The topological polar surface area (TPSA) is 12.0 Å². The van der Waals surface area contributed by atoms with Crippen LogP contribution < -0.4 is 5.32 Å². The Labute approximate surface area is 86.5 Å². The van der Waals surface area contributed by atoms with Crippen LogP contribution in [0.25, 0.3) is 0 Å². The highest BCUT2D eigenvalue weighted by Gasteiger charge is 2.27. The summed E-state index contributed by atoms with van der Waals surface area (Å²) in [6.45, 7) is 7.10. The third kappa shape index (κ3) is 1.98. The molecule has 1 nitrogen and oxygen atoms in total. The van der Waals surface area contributed by atoms with E-state index in [4.69, 9.17) is 0 Å². The molecule has 0 saturated carbocycles. The smallest absolute Gasteiger partial charge is 0.000794 e. The van der Waals surface area contributed by atoms with E-state index in [0.29, 0.717) is 5.41 Å². The molecule has 1 aliphatic rings. The van der Waals surface area contributed by atoms with Gasteiger partial charge in [0.1, 0.15) is 0 Å². The Hall–Kier alpha value is -0.820. The standard InChI is InChI=1S/C13H19N/c1-13(2,8-11-9-14-10-11)12-6-4-3-5-7-12/h3-7,11,14H,8-10H2,1-2H3. The average Bonchev–Trinajstić information content (AvgIpc) is 2.13. The molecule has 2 rings (SSSR count). The second-order valence-corrected chi connectivity index (χ2v) is 4.98. The van der Waals surface area contributed by atoms with Crippen LogP contribution in [0.2, 0.25) is 0 Å². The maximum absolute atomic E-state index is 3.34. The molecule has 1 fully saturated rings. The minimum atomic E-state index is 0.327. The number of hydrogen-bond acceptors (Lipinski definition) is 1. The summed E-state index contributed by atoms with van der Waals surface area (Å²) in [5, 5.41) is 3.34. The average molecular weight is 189 g/mol. The van der Waals surface area contributed by atoms with Crippen molar-refractivity contribution in [2.24, 2.45) is 5.92 Å². The number of benzene rings is 1. The molecular formula is C13H19N. The molecule has 1 aromatic rings. The van der Waals surface area contributed by atoms with Gasteiger partial charge in [0.25, 0.3) is 0 Å². The van der Waals surface area contributed by atoms with E-state index in [9.17, 15) is 0 Å². The van der Waals surface area contributed by atoms with Crippen molar-refractivity contribution in [2.75, 3.05) is 13.1 Å². The fraction of sp³-hybridized carbons (Fsp3) is 0.538. The molecule has 0 aromatic heterocycles. The largest absolute Gasteiger partial charge is 0.316 e. The van der Waals surface area contributed by atoms with Gasteiger partial charge in [-0.2, -0.15) is 0 Å². The van der Waals surface area contributed by atoms with Gasteiger partial charge in [0.2, 0.25) is 0 Å². The zero-order valence-electron chi connectivity index (χ0n) is 9.09. The molecule has 76 valence electrons. The van der Waals surface area contributed by atoms with Crippen LogP contribution in [-0.2, 0) is 5.41 Å². The van der Waals surface area contributed by atoms with Gasteiger partial charge in [-0.15, -0.1) is 0 Å². The lowest BCUT2D eigenvalue weighted by Gasteiger charge is -2.35. The Balaban J connectivity index is 2.06. The van der Waals surface area contributed by atoms with Crippen LogP contribution in [0.15, 0.2) is 30.3 Å². The van der Waals surface area contributed by atoms with Crippen LogP contribution in [0.1, 0.15) is 25.8 Å². The molecule has 0 atom stereocenters. The van der Waals surface area contributed by atoms with Gasteiger partial charge in [-0.25, -0.2) is 0 Å². The van der Waals surface area contributed by atoms with Crippen molar-refractivity contribution in [2.45, 2.75) is 25.7 Å². The first-order valence-corrected chi connectivity index (χ1v) is 5.45. The summed E-state index contributed by atoms with van der Waals surface area (Å²) in [6, 6.07) is 10.8. The molecule has 1 aromatic carbocycles. The summed E-state index contributed by atoms with van der Waals surface area (Å²) < 4.78 is 0. The van der Waals surface area contributed by atoms with Crippen molar-refractivity contribution in [3.8, 4) is 0 Å². The predicted octanol–water partition coefficient (Wildman–Crippen LogP) is 2.57. The molecule has 1 saturated heterocycles. The molecule has 0 bridgehead atoms. The molecule has 1 heteroatoms. The van der Waals surface area contributed by atoms with Gasteiger partial charge in [0.05, 0.1) is 0 Å². The van der Waals surface area contributed by atoms with E-state index < -0.39 is 0 Å². The summed E-state index contributed by atoms with van der Waals surface area (Å²) in [5.74, 6) is 0.880. The SMILES string of the molecule is CC(C)(CC1CNC1)c1ccccc1. The Morgan fingerprint density at radius 3 is 2.36 bits per heavy atom. The Morgan fingerprint density at radius 2 is 1.86 bits per heavy atom. The molecule has 0 amide bonds. The van der Waals surface area contributed by atoms with E-state index >= 15 is 0 Å². The van der Waals surface area contributed by atoms with Crippen LogP contribution in [0, 0.1) is 5.92 Å². The van der Waals surface area contributed by atoms with E-state index in [0.717, 1.165) is 5.92 Å². The van der Waals surface area contributed by atoms with Crippen LogP contribution in [0.5, 0.6) is 0 Å². The zero-order chi connectivity index (χ0) is 10.0. The van der Waals surface area contributed by atoms with E-state index in [1.807, 2.05) is 0 Å². The molecule has 1 aliphatic heterocycles. The quantitative estimate of drug-likeness (QED) is 0.770. The fourth-order valence-electron chi connectivity index (χ4n) is 2.22. The van der Waals surface area contributed by atoms with E-state index in [1.54, 1.807) is 0 Å². The summed E-state index contributed by atoms with van der Waals surface area (Å²) in [6.07, 6.45) is 1.30. The summed E-state index contributed by atoms with van der Waals surface area (Å²) >= 11 is 0. The van der Waals surface area contributed by atoms with E-state index in [-0.39, 0.29) is 0 Å². The lowest BCUT2D eigenvalue weighted by Crippen LogP contribution is -2.44. The van der Waals surface area contributed by atoms with Gasteiger partial charge in [-0.3, -0.25) is 0 Å². The van der Waals surface area contributed by atoms with E-state index in [1.165, 1.54) is 25.1 Å². The van der Waals surface area contributed by atoms with Crippen LogP contribution in [-0.4, -0.2) is 13.1 Å². The monoisotopic (exact) mass is 189 g/mol. The Kier molecular flexibility index (Phi) is 2.60. The molecule has 0 spiro atoms. The first kappa shape index (κ1) is 9.72. The fourth-order valence-corrected chi connectivity index (χ4v) is 2.22.